The van der Waals surface area contributed by atoms with E-state index in [2.05, 4.69) is 11.4 Å². The molecule has 0 spiro atoms. The van der Waals surface area contributed by atoms with Crippen LogP contribution in [0.5, 0.6) is 0 Å². The molecule has 2 atom stereocenters. The summed E-state index contributed by atoms with van der Waals surface area (Å²) in [6.07, 6.45) is 1.14. The molecule has 5 heteroatoms. The lowest BCUT2D eigenvalue weighted by Gasteiger charge is -2.18. The van der Waals surface area contributed by atoms with E-state index in [1.807, 2.05) is 49.6 Å². The lowest BCUT2D eigenvalue weighted by molar-refractivity contribution is -0.129. The Bertz CT molecular complexity index is 725. The number of likely N-dealkylation sites (tertiary alicyclic amines) is 1. The fourth-order valence-corrected chi connectivity index (χ4v) is 3.99. The zero-order valence-electron chi connectivity index (χ0n) is 14.7. The third kappa shape index (κ3) is 4.69. The van der Waals surface area contributed by atoms with Gasteiger partial charge >= 0.3 is 0 Å². The fraction of sp³-hybridized carbons (Fsp3) is 0.400. The van der Waals surface area contributed by atoms with Gasteiger partial charge in [-0.3, -0.25) is 9.59 Å². The number of carbonyl (C=O) groups is 2. The van der Waals surface area contributed by atoms with Crippen LogP contribution in [-0.2, 0) is 22.6 Å². The first-order chi connectivity index (χ1) is 12.0. The topological polar surface area (TPSA) is 49.4 Å². The van der Waals surface area contributed by atoms with Crippen LogP contribution in [-0.4, -0.2) is 29.3 Å². The van der Waals surface area contributed by atoms with Crippen molar-refractivity contribution in [3.63, 3.8) is 0 Å². The summed E-state index contributed by atoms with van der Waals surface area (Å²) in [5, 5.41) is 5.11. The van der Waals surface area contributed by atoms with Crippen LogP contribution >= 0.6 is 11.3 Å². The van der Waals surface area contributed by atoms with E-state index in [1.54, 1.807) is 16.2 Å². The fourth-order valence-electron chi connectivity index (χ4n) is 3.16. The van der Waals surface area contributed by atoms with Crippen LogP contribution in [0.3, 0.4) is 0 Å². The first kappa shape index (κ1) is 17.7. The van der Waals surface area contributed by atoms with Gasteiger partial charge in [0, 0.05) is 36.9 Å². The van der Waals surface area contributed by atoms with Crippen molar-refractivity contribution in [3.05, 3.63) is 57.8 Å². The van der Waals surface area contributed by atoms with Gasteiger partial charge in [0.2, 0.25) is 11.8 Å². The number of rotatable bonds is 6. The summed E-state index contributed by atoms with van der Waals surface area (Å²) in [4.78, 5) is 27.8. The van der Waals surface area contributed by atoms with Crippen molar-refractivity contribution < 1.29 is 9.59 Å². The zero-order chi connectivity index (χ0) is 17.8. The third-order valence-electron chi connectivity index (χ3n) is 4.56. The van der Waals surface area contributed by atoms with Crippen molar-refractivity contribution in [2.45, 2.75) is 39.3 Å². The molecule has 1 saturated heterocycles. The molecule has 1 aliphatic heterocycles. The van der Waals surface area contributed by atoms with Crippen molar-refractivity contribution >= 4 is 23.2 Å². The van der Waals surface area contributed by atoms with E-state index in [0.29, 0.717) is 19.5 Å². The molecular weight excluding hydrogens is 332 g/mol. The van der Waals surface area contributed by atoms with E-state index in [9.17, 15) is 9.59 Å². The minimum Gasteiger partial charge on any atom is -0.353 e. The molecule has 1 aliphatic rings. The van der Waals surface area contributed by atoms with Crippen LogP contribution in [0.4, 0.5) is 0 Å². The van der Waals surface area contributed by atoms with Crippen LogP contribution in [0.25, 0.3) is 0 Å². The van der Waals surface area contributed by atoms with Gasteiger partial charge in [0.1, 0.15) is 0 Å². The van der Waals surface area contributed by atoms with Gasteiger partial charge in [0.15, 0.2) is 0 Å². The number of aryl methyl sites for hydroxylation is 1. The Hall–Kier alpha value is -2.14. The highest BCUT2D eigenvalue weighted by Gasteiger charge is 2.34. The van der Waals surface area contributed by atoms with Crippen LogP contribution in [0, 0.1) is 12.8 Å². The largest absolute Gasteiger partial charge is 0.353 e. The summed E-state index contributed by atoms with van der Waals surface area (Å²) >= 11 is 1.70. The Labute approximate surface area is 152 Å². The van der Waals surface area contributed by atoms with E-state index < -0.39 is 0 Å². The summed E-state index contributed by atoms with van der Waals surface area (Å²) in [5.74, 6) is -0.195. The number of thiophene rings is 1. The molecule has 132 valence electrons. The SMILES string of the molecule is Cc1ccc(CN2CC(C(=O)NC(C)Cc3cccs3)CC2=O)cc1. The van der Waals surface area contributed by atoms with Gasteiger partial charge in [-0.25, -0.2) is 0 Å². The number of amides is 2. The standard InChI is InChI=1S/C20H24N2O2S/c1-14-5-7-16(8-6-14)12-22-13-17(11-19(22)23)20(24)21-15(2)10-18-4-3-9-25-18/h3-9,15,17H,10-13H2,1-2H3,(H,21,24). The molecular formula is C20H24N2O2S. The molecule has 1 aromatic heterocycles. The molecule has 0 saturated carbocycles. The van der Waals surface area contributed by atoms with E-state index in [4.69, 9.17) is 0 Å². The van der Waals surface area contributed by atoms with Gasteiger partial charge in [-0.05, 0) is 30.9 Å². The maximum Gasteiger partial charge on any atom is 0.225 e. The van der Waals surface area contributed by atoms with Gasteiger partial charge in [0.25, 0.3) is 0 Å². The van der Waals surface area contributed by atoms with Crippen molar-refractivity contribution in [1.82, 2.24) is 10.2 Å². The molecule has 0 radical (unpaired) electrons. The first-order valence-electron chi connectivity index (χ1n) is 8.67. The molecule has 25 heavy (non-hydrogen) atoms. The van der Waals surface area contributed by atoms with Gasteiger partial charge in [-0.15, -0.1) is 11.3 Å². The molecule has 3 rings (SSSR count). The van der Waals surface area contributed by atoms with Crippen molar-refractivity contribution in [3.8, 4) is 0 Å². The van der Waals surface area contributed by atoms with Gasteiger partial charge in [-0.2, -0.15) is 0 Å². The summed E-state index contributed by atoms with van der Waals surface area (Å²) in [6.45, 7) is 5.14. The average Bonchev–Trinajstić information content (AvgIpc) is 3.20. The number of hydrogen-bond acceptors (Lipinski definition) is 3. The second kappa shape index (κ2) is 7.83. The molecule has 4 nitrogen and oxygen atoms in total. The number of hydrogen-bond donors (Lipinski definition) is 1. The highest BCUT2D eigenvalue weighted by Crippen LogP contribution is 2.21. The van der Waals surface area contributed by atoms with Crippen molar-refractivity contribution in [2.24, 2.45) is 5.92 Å². The Kier molecular flexibility index (Phi) is 5.53. The average molecular weight is 356 g/mol. The third-order valence-corrected chi connectivity index (χ3v) is 5.45. The monoisotopic (exact) mass is 356 g/mol. The normalized spacial score (nSPS) is 18.4. The van der Waals surface area contributed by atoms with E-state index in [0.717, 1.165) is 12.0 Å². The number of carbonyl (C=O) groups excluding carboxylic acids is 2. The number of nitrogens with zero attached hydrogens (tertiary/aromatic N) is 1. The molecule has 2 heterocycles. The Morgan fingerprint density at radius 2 is 2.08 bits per heavy atom. The minimum atomic E-state index is -0.247. The summed E-state index contributed by atoms with van der Waals surface area (Å²) in [6, 6.07) is 12.4. The first-order valence-corrected chi connectivity index (χ1v) is 9.55. The molecule has 1 fully saturated rings. The van der Waals surface area contributed by atoms with E-state index >= 15 is 0 Å². The Balaban J connectivity index is 1.52. The highest BCUT2D eigenvalue weighted by atomic mass is 32.1. The summed E-state index contributed by atoms with van der Waals surface area (Å²) in [5.41, 5.74) is 2.31. The maximum absolute atomic E-state index is 12.5. The number of benzene rings is 1. The Morgan fingerprint density at radius 1 is 1.32 bits per heavy atom. The quantitative estimate of drug-likeness (QED) is 0.864. The lowest BCUT2D eigenvalue weighted by Crippen LogP contribution is -2.39. The van der Waals surface area contributed by atoms with Gasteiger partial charge in [0.05, 0.1) is 5.92 Å². The van der Waals surface area contributed by atoms with Gasteiger partial charge < -0.3 is 10.2 Å². The molecule has 1 aromatic carbocycles. The van der Waals surface area contributed by atoms with Gasteiger partial charge in [-0.1, -0.05) is 35.9 Å². The van der Waals surface area contributed by atoms with E-state index in [1.165, 1.54) is 10.4 Å². The smallest absolute Gasteiger partial charge is 0.225 e. The summed E-state index contributed by atoms with van der Waals surface area (Å²) < 4.78 is 0. The molecule has 1 N–H and O–H groups in total. The highest BCUT2D eigenvalue weighted by molar-refractivity contribution is 7.09. The van der Waals surface area contributed by atoms with Crippen LogP contribution in [0.15, 0.2) is 41.8 Å². The minimum absolute atomic E-state index is 0.0104. The van der Waals surface area contributed by atoms with Crippen molar-refractivity contribution in [2.75, 3.05) is 6.54 Å². The van der Waals surface area contributed by atoms with E-state index in [-0.39, 0.29) is 23.8 Å². The summed E-state index contributed by atoms with van der Waals surface area (Å²) in [7, 11) is 0. The van der Waals surface area contributed by atoms with Crippen LogP contribution < -0.4 is 5.32 Å². The lowest BCUT2D eigenvalue weighted by atomic mass is 10.1. The second-order valence-electron chi connectivity index (χ2n) is 6.85. The molecule has 2 aromatic rings. The van der Waals surface area contributed by atoms with Crippen LogP contribution in [0.1, 0.15) is 29.3 Å². The zero-order valence-corrected chi connectivity index (χ0v) is 15.5. The predicted molar refractivity (Wildman–Crippen MR) is 100 cm³/mol. The molecule has 0 aliphatic carbocycles. The maximum atomic E-state index is 12.5. The predicted octanol–water partition coefficient (Wildman–Crippen LogP) is 3.15. The van der Waals surface area contributed by atoms with Crippen molar-refractivity contribution in [1.29, 1.82) is 0 Å². The molecule has 2 amide bonds. The molecule has 2 unspecified atom stereocenters. The van der Waals surface area contributed by atoms with Crippen LogP contribution in [0.2, 0.25) is 0 Å². The number of nitrogens with one attached hydrogen (secondary N) is 1. The Morgan fingerprint density at radius 3 is 2.76 bits per heavy atom. The second-order valence-corrected chi connectivity index (χ2v) is 7.89. The molecule has 0 bridgehead atoms.